The summed E-state index contributed by atoms with van der Waals surface area (Å²) in [5, 5.41) is 22.2. The van der Waals surface area contributed by atoms with E-state index in [4.69, 9.17) is 5.11 Å². The Morgan fingerprint density at radius 3 is 2.47 bits per heavy atom. The highest BCUT2D eigenvalue weighted by atomic mass is 16.6. The maximum absolute atomic E-state index is 10.8. The summed E-state index contributed by atoms with van der Waals surface area (Å²) in [6.45, 7) is 2.11. The van der Waals surface area contributed by atoms with Gasteiger partial charge in [0.2, 0.25) is 0 Å². The lowest BCUT2D eigenvalue weighted by molar-refractivity contribution is -0.384. The second-order valence-corrected chi connectivity index (χ2v) is 3.63. The average molecular weight is 238 g/mol. The van der Waals surface area contributed by atoms with E-state index in [2.05, 4.69) is 5.32 Å². The predicted molar refractivity (Wildman–Crippen MR) is 63.0 cm³/mol. The molecule has 1 atom stereocenters. The number of aliphatic carboxylic acids is 1. The van der Waals surface area contributed by atoms with Gasteiger partial charge in [0.05, 0.1) is 10.8 Å². The van der Waals surface area contributed by atoms with Crippen molar-refractivity contribution in [3.05, 3.63) is 34.4 Å². The number of carboxylic acids is 1. The number of hydrogen-bond acceptors (Lipinski definition) is 4. The van der Waals surface area contributed by atoms with E-state index in [1.54, 1.807) is 19.1 Å². The van der Waals surface area contributed by atoms with E-state index in [0.717, 1.165) is 0 Å². The van der Waals surface area contributed by atoms with Gasteiger partial charge in [0, 0.05) is 24.4 Å². The van der Waals surface area contributed by atoms with Crippen LogP contribution in [-0.4, -0.2) is 22.5 Å². The number of rotatable bonds is 6. The van der Waals surface area contributed by atoms with E-state index < -0.39 is 16.8 Å². The molecule has 0 bridgehead atoms. The van der Waals surface area contributed by atoms with Gasteiger partial charge < -0.3 is 10.4 Å². The molecule has 0 heterocycles. The molecule has 0 aliphatic rings. The van der Waals surface area contributed by atoms with Crippen LogP contribution < -0.4 is 5.32 Å². The first-order valence-electron chi connectivity index (χ1n) is 5.25. The minimum absolute atomic E-state index is 0.0147. The van der Waals surface area contributed by atoms with E-state index >= 15 is 0 Å². The molecular weight excluding hydrogens is 224 g/mol. The van der Waals surface area contributed by atoms with Gasteiger partial charge in [-0.25, -0.2) is 0 Å². The van der Waals surface area contributed by atoms with E-state index in [-0.39, 0.29) is 5.69 Å². The van der Waals surface area contributed by atoms with Gasteiger partial charge >= 0.3 is 5.97 Å². The summed E-state index contributed by atoms with van der Waals surface area (Å²) in [5.41, 5.74) is 0.691. The third-order valence-electron chi connectivity index (χ3n) is 2.47. The van der Waals surface area contributed by atoms with Crippen LogP contribution in [-0.2, 0) is 4.79 Å². The second-order valence-electron chi connectivity index (χ2n) is 3.63. The lowest BCUT2D eigenvalue weighted by Crippen LogP contribution is -2.21. The van der Waals surface area contributed by atoms with Crippen molar-refractivity contribution in [1.82, 2.24) is 0 Å². The van der Waals surface area contributed by atoms with E-state index in [0.29, 0.717) is 18.7 Å². The third kappa shape index (κ3) is 3.75. The molecule has 1 rings (SSSR count). The van der Waals surface area contributed by atoms with Crippen LogP contribution >= 0.6 is 0 Å². The fourth-order valence-corrected chi connectivity index (χ4v) is 1.35. The molecule has 0 fully saturated rings. The highest BCUT2D eigenvalue weighted by molar-refractivity contribution is 5.70. The van der Waals surface area contributed by atoms with Crippen LogP contribution in [0.5, 0.6) is 0 Å². The average Bonchev–Trinajstić information content (AvgIpc) is 2.30. The van der Waals surface area contributed by atoms with Crippen LogP contribution in [0.1, 0.15) is 13.3 Å². The molecule has 0 aliphatic heterocycles. The second kappa shape index (κ2) is 5.83. The van der Waals surface area contributed by atoms with Crippen LogP contribution in [0.15, 0.2) is 24.3 Å². The quantitative estimate of drug-likeness (QED) is 0.585. The zero-order chi connectivity index (χ0) is 12.8. The van der Waals surface area contributed by atoms with Gasteiger partial charge in [0.1, 0.15) is 0 Å². The van der Waals surface area contributed by atoms with Crippen LogP contribution in [0.2, 0.25) is 0 Å². The number of hydrogen-bond donors (Lipinski definition) is 2. The first-order chi connectivity index (χ1) is 8.04. The number of carbonyl (C=O) groups is 1. The number of benzene rings is 1. The van der Waals surface area contributed by atoms with Crippen LogP contribution in [0.4, 0.5) is 11.4 Å². The van der Waals surface area contributed by atoms with Crippen molar-refractivity contribution < 1.29 is 14.8 Å². The minimum Gasteiger partial charge on any atom is -0.481 e. The number of anilines is 1. The van der Waals surface area contributed by atoms with Crippen LogP contribution in [0, 0.1) is 16.0 Å². The molecule has 0 amide bonds. The first-order valence-corrected chi connectivity index (χ1v) is 5.25. The smallest absolute Gasteiger partial charge is 0.308 e. The molecule has 1 aromatic rings. The van der Waals surface area contributed by atoms with Gasteiger partial charge in [-0.05, 0) is 18.6 Å². The summed E-state index contributed by atoms with van der Waals surface area (Å²) in [4.78, 5) is 20.7. The lowest BCUT2D eigenvalue weighted by Gasteiger charge is -2.11. The largest absolute Gasteiger partial charge is 0.481 e. The van der Waals surface area contributed by atoms with Crippen molar-refractivity contribution in [2.45, 2.75) is 13.3 Å². The molecule has 2 N–H and O–H groups in total. The van der Waals surface area contributed by atoms with Crippen molar-refractivity contribution in [3.63, 3.8) is 0 Å². The molecule has 0 aromatic heterocycles. The van der Waals surface area contributed by atoms with Gasteiger partial charge in [0.25, 0.3) is 5.69 Å². The summed E-state index contributed by atoms with van der Waals surface area (Å²) < 4.78 is 0. The van der Waals surface area contributed by atoms with Gasteiger partial charge in [-0.3, -0.25) is 14.9 Å². The zero-order valence-corrected chi connectivity index (χ0v) is 9.42. The SMILES string of the molecule is CCC(CNc1ccc([N+](=O)[O-])cc1)C(=O)O. The van der Waals surface area contributed by atoms with Crippen LogP contribution in [0.3, 0.4) is 0 Å². The fourth-order valence-electron chi connectivity index (χ4n) is 1.35. The Hall–Kier alpha value is -2.11. The fraction of sp³-hybridized carbons (Fsp3) is 0.364. The molecule has 1 aromatic carbocycles. The Labute approximate surface area is 98.4 Å². The maximum atomic E-state index is 10.8. The Balaban J connectivity index is 2.58. The number of nitro benzene ring substituents is 1. The highest BCUT2D eigenvalue weighted by Gasteiger charge is 2.14. The van der Waals surface area contributed by atoms with Crippen molar-refractivity contribution in [2.24, 2.45) is 5.92 Å². The monoisotopic (exact) mass is 238 g/mol. The molecule has 0 aliphatic carbocycles. The standard InChI is InChI=1S/C11H14N2O4/c1-2-8(11(14)15)7-12-9-3-5-10(6-4-9)13(16)17/h3-6,8,12H,2,7H2,1H3,(H,14,15). The van der Waals surface area contributed by atoms with Crippen LogP contribution in [0.25, 0.3) is 0 Å². The Morgan fingerprint density at radius 2 is 2.06 bits per heavy atom. The van der Waals surface area contributed by atoms with Crippen molar-refractivity contribution >= 4 is 17.3 Å². The normalized spacial score (nSPS) is 11.8. The topological polar surface area (TPSA) is 92.5 Å². The third-order valence-corrected chi connectivity index (χ3v) is 2.47. The molecule has 0 saturated carbocycles. The summed E-state index contributed by atoms with van der Waals surface area (Å²) in [6, 6.07) is 5.88. The summed E-state index contributed by atoms with van der Waals surface area (Å²) in [7, 11) is 0. The highest BCUT2D eigenvalue weighted by Crippen LogP contribution is 2.16. The molecule has 92 valence electrons. The van der Waals surface area contributed by atoms with Gasteiger partial charge in [0.15, 0.2) is 0 Å². The molecule has 1 unspecified atom stereocenters. The zero-order valence-electron chi connectivity index (χ0n) is 9.42. The number of nitrogens with one attached hydrogen (secondary N) is 1. The van der Waals surface area contributed by atoms with Gasteiger partial charge in [-0.1, -0.05) is 6.92 Å². The summed E-state index contributed by atoms with van der Waals surface area (Å²) in [5.74, 6) is -1.30. The predicted octanol–water partition coefficient (Wildman–Crippen LogP) is 2.12. The molecule has 0 radical (unpaired) electrons. The summed E-state index contributed by atoms with van der Waals surface area (Å²) in [6.07, 6.45) is 0.537. The molecule has 6 heteroatoms. The number of nitro groups is 1. The molecule has 17 heavy (non-hydrogen) atoms. The maximum Gasteiger partial charge on any atom is 0.308 e. The number of non-ortho nitro benzene ring substituents is 1. The Bertz CT molecular complexity index is 402. The molecule has 0 spiro atoms. The number of nitrogens with zero attached hydrogens (tertiary/aromatic N) is 1. The lowest BCUT2D eigenvalue weighted by atomic mass is 10.1. The van der Waals surface area contributed by atoms with E-state index in [1.807, 2.05) is 0 Å². The van der Waals surface area contributed by atoms with Gasteiger partial charge in [-0.15, -0.1) is 0 Å². The van der Waals surface area contributed by atoms with Crippen molar-refractivity contribution in [3.8, 4) is 0 Å². The summed E-state index contributed by atoms with van der Waals surface area (Å²) >= 11 is 0. The van der Waals surface area contributed by atoms with Gasteiger partial charge in [-0.2, -0.15) is 0 Å². The number of carboxylic acid groups (broad SMARTS) is 1. The Morgan fingerprint density at radius 1 is 1.47 bits per heavy atom. The Kier molecular flexibility index (Phi) is 4.45. The van der Waals surface area contributed by atoms with E-state index in [1.165, 1.54) is 12.1 Å². The molecule has 0 saturated heterocycles. The molecular formula is C11H14N2O4. The molecule has 6 nitrogen and oxygen atoms in total. The minimum atomic E-state index is -0.845. The van der Waals surface area contributed by atoms with Crippen molar-refractivity contribution in [2.75, 3.05) is 11.9 Å². The van der Waals surface area contributed by atoms with E-state index in [9.17, 15) is 14.9 Å². The van der Waals surface area contributed by atoms with Crippen molar-refractivity contribution in [1.29, 1.82) is 0 Å². The first kappa shape index (κ1) is 13.0.